The third-order valence-electron chi connectivity index (χ3n) is 4.20. The van der Waals surface area contributed by atoms with E-state index in [4.69, 9.17) is 4.42 Å². The number of nitrogens with one attached hydrogen (secondary N) is 1. The summed E-state index contributed by atoms with van der Waals surface area (Å²) in [4.78, 5) is 21.7. The molecular formula is C22H16BrN3O2. The van der Waals surface area contributed by atoms with Crippen molar-refractivity contribution in [3.63, 3.8) is 0 Å². The first-order chi connectivity index (χ1) is 13.6. The molecule has 1 N–H and O–H groups in total. The number of carbonyl (C=O) groups excluding carboxylic acids is 1. The Morgan fingerprint density at radius 1 is 1.07 bits per heavy atom. The first-order valence-corrected chi connectivity index (χ1v) is 9.45. The van der Waals surface area contributed by atoms with Gasteiger partial charge in [-0.15, -0.1) is 0 Å². The molecule has 0 unspecified atom stereocenters. The summed E-state index contributed by atoms with van der Waals surface area (Å²) in [5.74, 6) is 0.125. The number of anilines is 1. The highest BCUT2D eigenvalue weighted by Crippen LogP contribution is 2.21. The second kappa shape index (κ2) is 7.78. The van der Waals surface area contributed by atoms with Crippen molar-refractivity contribution in [3.05, 3.63) is 94.1 Å². The van der Waals surface area contributed by atoms with E-state index in [0.717, 1.165) is 21.1 Å². The average Bonchev–Trinajstić information content (AvgIpc) is 2.70. The summed E-state index contributed by atoms with van der Waals surface area (Å²) in [6.07, 6.45) is 1.62. The normalized spacial score (nSPS) is 11.6. The predicted octanol–water partition coefficient (Wildman–Crippen LogP) is 5.38. The topological polar surface area (TPSA) is 67.5 Å². The Balaban J connectivity index is 1.89. The van der Waals surface area contributed by atoms with Crippen LogP contribution < -0.4 is 10.9 Å². The van der Waals surface area contributed by atoms with E-state index >= 15 is 0 Å². The molecule has 2 aromatic heterocycles. The molecule has 2 aromatic carbocycles. The second-order valence-electron chi connectivity index (χ2n) is 6.21. The zero-order valence-corrected chi connectivity index (χ0v) is 16.6. The number of para-hydroxylation sites is 1. The van der Waals surface area contributed by atoms with E-state index in [0.29, 0.717) is 17.0 Å². The van der Waals surface area contributed by atoms with Crippen LogP contribution in [0.15, 0.2) is 86.8 Å². The molecule has 4 rings (SSSR count). The third-order valence-corrected chi connectivity index (χ3v) is 4.69. The van der Waals surface area contributed by atoms with Gasteiger partial charge in [-0.1, -0.05) is 40.2 Å². The lowest BCUT2D eigenvalue weighted by atomic mass is 10.1. The Morgan fingerprint density at radius 2 is 1.89 bits per heavy atom. The Hall–Kier alpha value is -3.25. The molecule has 0 saturated carbocycles. The first-order valence-electron chi connectivity index (χ1n) is 8.66. The summed E-state index contributed by atoms with van der Waals surface area (Å²) in [6.45, 7) is 1.96. The monoisotopic (exact) mass is 433 g/mol. The molecule has 2 heterocycles. The van der Waals surface area contributed by atoms with Crippen LogP contribution in [0.25, 0.3) is 11.0 Å². The van der Waals surface area contributed by atoms with Crippen LogP contribution in [0.3, 0.4) is 0 Å². The highest BCUT2D eigenvalue weighted by atomic mass is 79.9. The maximum atomic E-state index is 13.0. The first kappa shape index (κ1) is 18.1. The van der Waals surface area contributed by atoms with Gasteiger partial charge >= 0.3 is 0 Å². The molecule has 0 aliphatic heterocycles. The maximum Gasteiger partial charge on any atom is 0.262 e. The average molecular weight is 434 g/mol. The van der Waals surface area contributed by atoms with Crippen molar-refractivity contribution >= 4 is 44.3 Å². The quantitative estimate of drug-likeness (QED) is 0.471. The van der Waals surface area contributed by atoms with Gasteiger partial charge in [0.05, 0.1) is 5.69 Å². The number of hydrogen-bond acceptors (Lipinski definition) is 4. The minimum Gasteiger partial charge on any atom is -0.438 e. The fraction of sp³-hybridized carbons (Fsp3) is 0.0455. The van der Waals surface area contributed by atoms with Crippen LogP contribution in [0.4, 0.5) is 11.5 Å². The number of halogens is 1. The van der Waals surface area contributed by atoms with E-state index in [-0.39, 0.29) is 11.5 Å². The Labute approximate surface area is 169 Å². The molecule has 0 aliphatic carbocycles. The van der Waals surface area contributed by atoms with Gasteiger partial charge < -0.3 is 9.73 Å². The molecule has 0 fully saturated rings. The summed E-state index contributed by atoms with van der Waals surface area (Å²) in [7, 11) is 0. The molecule has 0 spiro atoms. The molecule has 5 nitrogen and oxygen atoms in total. The largest absolute Gasteiger partial charge is 0.438 e. The van der Waals surface area contributed by atoms with Crippen LogP contribution in [0.1, 0.15) is 15.9 Å². The van der Waals surface area contributed by atoms with Gasteiger partial charge in [0.15, 0.2) is 0 Å². The molecule has 6 heteroatoms. The maximum absolute atomic E-state index is 13.0. The van der Waals surface area contributed by atoms with Crippen LogP contribution >= 0.6 is 15.9 Å². The number of pyridine rings is 1. The minimum absolute atomic E-state index is 0.248. The van der Waals surface area contributed by atoms with Crippen LogP contribution in [0, 0.1) is 6.92 Å². The number of benzene rings is 2. The lowest BCUT2D eigenvalue weighted by Gasteiger charge is -2.07. The van der Waals surface area contributed by atoms with Gasteiger partial charge in [-0.05, 0) is 55.0 Å². The fourth-order valence-corrected chi connectivity index (χ4v) is 3.14. The zero-order valence-electron chi connectivity index (χ0n) is 15.0. The molecule has 0 bridgehead atoms. The van der Waals surface area contributed by atoms with Gasteiger partial charge in [0.25, 0.3) is 5.91 Å². The van der Waals surface area contributed by atoms with Crippen molar-refractivity contribution in [1.82, 2.24) is 4.98 Å². The zero-order chi connectivity index (χ0) is 19.5. The van der Waals surface area contributed by atoms with E-state index in [1.807, 2.05) is 55.5 Å². The second-order valence-corrected chi connectivity index (χ2v) is 7.13. The van der Waals surface area contributed by atoms with E-state index in [2.05, 4.69) is 31.2 Å². The summed E-state index contributed by atoms with van der Waals surface area (Å²) >= 11 is 3.45. The Morgan fingerprint density at radius 3 is 2.68 bits per heavy atom. The van der Waals surface area contributed by atoms with Crippen LogP contribution in [0.2, 0.25) is 0 Å². The number of carbonyl (C=O) groups is 1. The molecule has 4 aromatic rings. The third kappa shape index (κ3) is 3.87. The number of aryl methyl sites for hydroxylation is 1. The van der Waals surface area contributed by atoms with Crippen molar-refractivity contribution in [2.75, 3.05) is 5.32 Å². The van der Waals surface area contributed by atoms with Crippen molar-refractivity contribution in [1.29, 1.82) is 0 Å². The Kier molecular flexibility index (Phi) is 5.04. The van der Waals surface area contributed by atoms with Gasteiger partial charge in [-0.3, -0.25) is 4.79 Å². The minimum atomic E-state index is -0.336. The summed E-state index contributed by atoms with van der Waals surface area (Å²) < 4.78 is 6.89. The van der Waals surface area contributed by atoms with Gasteiger partial charge in [-0.25, -0.2) is 9.98 Å². The highest BCUT2D eigenvalue weighted by Gasteiger charge is 2.14. The Bertz CT molecular complexity index is 1230. The highest BCUT2D eigenvalue weighted by molar-refractivity contribution is 9.10. The predicted molar refractivity (Wildman–Crippen MR) is 113 cm³/mol. The molecule has 0 atom stereocenters. The summed E-state index contributed by atoms with van der Waals surface area (Å²) in [5, 5.41) is 3.59. The molecule has 28 heavy (non-hydrogen) atoms. The van der Waals surface area contributed by atoms with Gasteiger partial charge in [0, 0.05) is 16.1 Å². The SMILES string of the molecule is Cc1ccccc1N=c1oc2ccc(Br)cc2cc1C(=O)Nc1ccccn1. The molecular weight excluding hydrogens is 418 g/mol. The number of amides is 1. The summed E-state index contributed by atoms with van der Waals surface area (Å²) in [5.41, 5.74) is 2.96. The van der Waals surface area contributed by atoms with E-state index in [9.17, 15) is 4.79 Å². The van der Waals surface area contributed by atoms with Crippen LogP contribution in [-0.2, 0) is 0 Å². The van der Waals surface area contributed by atoms with Crippen LogP contribution in [-0.4, -0.2) is 10.9 Å². The standard InChI is InChI=1S/C22H16BrN3O2/c1-14-6-2-3-7-18(14)25-22-17(21(27)26-20-8-4-5-11-24-20)13-15-12-16(23)9-10-19(15)28-22/h2-13H,1H3,(H,24,26,27). The van der Waals surface area contributed by atoms with Gasteiger partial charge in [0.2, 0.25) is 5.55 Å². The number of fused-ring (bicyclic) bond motifs is 1. The van der Waals surface area contributed by atoms with Crippen LogP contribution in [0.5, 0.6) is 0 Å². The summed E-state index contributed by atoms with van der Waals surface area (Å²) in [6, 6.07) is 20.4. The van der Waals surface area contributed by atoms with Gasteiger partial charge in [-0.2, -0.15) is 0 Å². The van der Waals surface area contributed by atoms with Crippen molar-refractivity contribution in [2.24, 2.45) is 4.99 Å². The number of aromatic nitrogens is 1. The lowest BCUT2D eigenvalue weighted by molar-refractivity contribution is 0.102. The number of hydrogen-bond donors (Lipinski definition) is 1. The molecule has 0 aliphatic rings. The van der Waals surface area contributed by atoms with E-state index in [1.54, 1.807) is 24.4 Å². The van der Waals surface area contributed by atoms with E-state index in [1.165, 1.54) is 0 Å². The lowest BCUT2D eigenvalue weighted by Crippen LogP contribution is -2.22. The van der Waals surface area contributed by atoms with E-state index < -0.39 is 0 Å². The molecule has 0 saturated heterocycles. The number of rotatable bonds is 3. The molecule has 0 radical (unpaired) electrons. The van der Waals surface area contributed by atoms with Crippen molar-refractivity contribution < 1.29 is 9.21 Å². The van der Waals surface area contributed by atoms with Crippen molar-refractivity contribution in [3.8, 4) is 0 Å². The fourth-order valence-electron chi connectivity index (χ4n) is 2.77. The number of nitrogens with zero attached hydrogens (tertiary/aromatic N) is 2. The molecule has 138 valence electrons. The van der Waals surface area contributed by atoms with Crippen molar-refractivity contribution in [2.45, 2.75) is 6.92 Å². The smallest absolute Gasteiger partial charge is 0.262 e. The molecule has 1 amide bonds. The van der Waals surface area contributed by atoms with Gasteiger partial charge in [0.1, 0.15) is 17.0 Å².